The van der Waals surface area contributed by atoms with Crippen LogP contribution in [0.5, 0.6) is 11.5 Å². The molecule has 4 rings (SSSR count). The van der Waals surface area contributed by atoms with E-state index in [0.717, 1.165) is 24.0 Å². The van der Waals surface area contributed by atoms with Crippen molar-refractivity contribution in [2.75, 3.05) is 7.11 Å². The molecule has 0 saturated heterocycles. The number of methoxy groups -OCH3 is 1. The van der Waals surface area contributed by atoms with Crippen molar-refractivity contribution in [3.05, 3.63) is 23.3 Å². The number of alkyl halides is 7. The van der Waals surface area contributed by atoms with Crippen molar-refractivity contribution in [3.63, 3.8) is 0 Å². The van der Waals surface area contributed by atoms with E-state index >= 15 is 0 Å². The summed E-state index contributed by atoms with van der Waals surface area (Å²) in [6.45, 7) is 12.6. The van der Waals surface area contributed by atoms with Gasteiger partial charge in [0.25, 0.3) is 8.32 Å². The fourth-order valence-corrected chi connectivity index (χ4v) is 7.92. The predicted molar refractivity (Wildman–Crippen MR) is 141 cm³/mol. The number of aryl methyl sites for hydroxylation is 1. The minimum atomic E-state index is -6.60. The van der Waals surface area contributed by atoms with E-state index in [1.165, 1.54) is 0 Å². The average molecular weight is 613 g/mol. The lowest BCUT2D eigenvalue weighted by Crippen LogP contribution is -2.57. The lowest BCUT2D eigenvalue weighted by atomic mass is 9.55. The number of rotatable bonds is 6. The molecule has 5 atom stereocenters. The van der Waals surface area contributed by atoms with Crippen LogP contribution in [0, 0.1) is 17.3 Å². The number of esters is 1. The van der Waals surface area contributed by atoms with Crippen LogP contribution < -0.4 is 9.16 Å². The fraction of sp³-hybridized carbons (Fsp3) is 0.759. The summed E-state index contributed by atoms with van der Waals surface area (Å²) in [5.74, 6) is -13.9. The van der Waals surface area contributed by atoms with Crippen molar-refractivity contribution >= 4 is 14.3 Å². The Balaban J connectivity index is 1.56. The monoisotopic (exact) mass is 612 g/mol. The molecule has 0 aliphatic heterocycles. The van der Waals surface area contributed by atoms with Crippen molar-refractivity contribution < 1.29 is 49.4 Å². The van der Waals surface area contributed by atoms with Gasteiger partial charge in [0.2, 0.25) is 0 Å². The molecule has 2 fully saturated rings. The van der Waals surface area contributed by atoms with E-state index in [0.29, 0.717) is 30.8 Å². The van der Waals surface area contributed by atoms with Gasteiger partial charge in [-0.05, 0) is 97.7 Å². The van der Waals surface area contributed by atoms with Gasteiger partial charge in [-0.25, -0.2) is 4.79 Å². The number of carbonyl (C=O) groups is 1. The Hall–Kier alpha value is -1.98. The number of carbonyl (C=O) groups excluding carboxylic acids is 1. The second kappa shape index (κ2) is 10.0. The van der Waals surface area contributed by atoms with Gasteiger partial charge in [-0.1, -0.05) is 27.7 Å². The summed E-state index contributed by atoms with van der Waals surface area (Å²) >= 11 is 0. The summed E-state index contributed by atoms with van der Waals surface area (Å²) in [7, 11) is -0.552. The Bertz CT molecular complexity index is 1180. The zero-order valence-corrected chi connectivity index (χ0v) is 25.5. The van der Waals surface area contributed by atoms with Crippen LogP contribution in [0.1, 0.15) is 76.8 Å². The van der Waals surface area contributed by atoms with Gasteiger partial charge in [-0.3, -0.25) is 0 Å². The second-order valence-electron chi connectivity index (χ2n) is 13.6. The summed E-state index contributed by atoms with van der Waals surface area (Å²) in [5, 5.41) is -0.0120. The molecule has 0 aromatic heterocycles. The highest BCUT2D eigenvalue weighted by Gasteiger charge is 2.77. The normalized spacial score (nSPS) is 28.8. The number of benzene rings is 1. The molecule has 0 N–H and O–H groups in total. The zero-order chi connectivity index (χ0) is 31.0. The molecule has 2 saturated carbocycles. The third kappa shape index (κ3) is 5.13. The molecule has 3 aliphatic carbocycles. The van der Waals surface area contributed by atoms with Crippen LogP contribution in [-0.2, 0) is 16.0 Å². The number of fused-ring (bicyclic) bond motifs is 5. The molecule has 1 aromatic carbocycles. The van der Waals surface area contributed by atoms with Crippen LogP contribution in [0.4, 0.5) is 30.7 Å². The molecule has 0 unspecified atom stereocenters. The van der Waals surface area contributed by atoms with E-state index in [1.807, 2.05) is 6.07 Å². The zero-order valence-electron chi connectivity index (χ0n) is 24.5. The maximum atomic E-state index is 14.0. The third-order valence-corrected chi connectivity index (χ3v) is 14.7. The van der Waals surface area contributed by atoms with Crippen molar-refractivity contribution in [3.8, 4) is 11.5 Å². The standard InChI is InChI=1S/C29H39F7O4Si/c1-25(2,3)41(6,7)40-22-14-16-8-9-18-17(19(16)15-21(22)38-5)12-13-26(4)20(18)10-11-23(26)39-24(37)27(30,31)28(32,33)29(34,35)36/h14-15,17-18,20,23H,8-13H2,1-7H3/t17-,18+,20-,23-,26-/m0/s1. The van der Waals surface area contributed by atoms with Crippen molar-refractivity contribution in [2.45, 2.75) is 114 Å². The van der Waals surface area contributed by atoms with E-state index in [-0.39, 0.29) is 29.2 Å². The Kier molecular flexibility index (Phi) is 7.82. The molecule has 12 heteroatoms. The average Bonchev–Trinajstić information content (AvgIpc) is 3.17. The van der Waals surface area contributed by atoms with Gasteiger partial charge in [0.05, 0.1) is 7.11 Å². The minimum absolute atomic E-state index is 0.0120. The summed E-state index contributed by atoms with van der Waals surface area (Å²) in [4.78, 5) is 12.1. The van der Waals surface area contributed by atoms with Gasteiger partial charge in [0, 0.05) is 5.41 Å². The van der Waals surface area contributed by atoms with Crippen molar-refractivity contribution in [1.29, 1.82) is 0 Å². The Labute approximate surface area is 237 Å². The van der Waals surface area contributed by atoms with E-state index in [1.54, 1.807) is 14.0 Å². The third-order valence-electron chi connectivity index (χ3n) is 10.3. The Morgan fingerprint density at radius 3 is 2.15 bits per heavy atom. The quantitative estimate of drug-likeness (QED) is 0.183. The molecule has 0 bridgehead atoms. The first-order chi connectivity index (χ1) is 18.6. The van der Waals surface area contributed by atoms with Crippen LogP contribution in [0.15, 0.2) is 12.1 Å². The minimum Gasteiger partial charge on any atom is -0.541 e. The maximum Gasteiger partial charge on any atom is 0.460 e. The summed E-state index contributed by atoms with van der Waals surface area (Å²) in [5.41, 5.74) is 1.46. The topological polar surface area (TPSA) is 44.8 Å². The van der Waals surface area contributed by atoms with Gasteiger partial charge in [0.1, 0.15) is 11.9 Å². The molecule has 0 heterocycles. The Morgan fingerprint density at radius 1 is 0.951 bits per heavy atom. The molecule has 3 aliphatic rings. The van der Waals surface area contributed by atoms with Crippen molar-refractivity contribution in [2.24, 2.45) is 17.3 Å². The number of hydrogen-bond donors (Lipinski definition) is 0. The molecule has 0 amide bonds. The highest BCUT2D eigenvalue weighted by molar-refractivity contribution is 6.74. The van der Waals surface area contributed by atoms with E-state index in [2.05, 4.69) is 39.9 Å². The lowest BCUT2D eigenvalue weighted by Gasteiger charge is -2.50. The number of ether oxygens (including phenoxy) is 2. The van der Waals surface area contributed by atoms with Crippen LogP contribution >= 0.6 is 0 Å². The number of halogens is 7. The highest BCUT2D eigenvalue weighted by atomic mass is 28.4. The first kappa shape index (κ1) is 31.9. The van der Waals surface area contributed by atoms with Gasteiger partial charge >= 0.3 is 24.0 Å². The van der Waals surface area contributed by atoms with Crippen molar-refractivity contribution in [1.82, 2.24) is 0 Å². The smallest absolute Gasteiger partial charge is 0.460 e. The lowest BCUT2D eigenvalue weighted by molar-refractivity contribution is -0.349. The largest absolute Gasteiger partial charge is 0.541 e. The summed E-state index contributed by atoms with van der Waals surface area (Å²) in [6, 6.07) is 4.07. The Morgan fingerprint density at radius 2 is 1.59 bits per heavy atom. The fourth-order valence-electron chi connectivity index (χ4n) is 6.90. The summed E-state index contributed by atoms with van der Waals surface area (Å²) in [6.07, 6.45) is -4.56. The van der Waals surface area contributed by atoms with Crippen LogP contribution in [0.3, 0.4) is 0 Å². The van der Waals surface area contributed by atoms with E-state index < -0.39 is 43.8 Å². The number of hydrogen-bond acceptors (Lipinski definition) is 4. The predicted octanol–water partition coefficient (Wildman–Crippen LogP) is 8.68. The molecule has 4 nitrogen and oxygen atoms in total. The SMILES string of the molecule is COc1cc2c(cc1O[Si](C)(C)C(C)(C)C)CC[C@@H]1[C@@H]2CC[C@]2(C)[C@@H](OC(=O)C(F)(F)C(F)(F)C(F)(F)F)CC[C@@H]12. The molecule has 41 heavy (non-hydrogen) atoms. The van der Waals surface area contributed by atoms with Crippen LogP contribution in [0.25, 0.3) is 0 Å². The molecule has 0 spiro atoms. The maximum absolute atomic E-state index is 14.0. The van der Waals surface area contributed by atoms with Gasteiger partial charge in [-0.15, -0.1) is 0 Å². The molecular formula is C29H39F7O4Si. The van der Waals surface area contributed by atoms with Gasteiger partial charge in [-0.2, -0.15) is 30.7 Å². The van der Waals surface area contributed by atoms with E-state index in [9.17, 15) is 35.5 Å². The second-order valence-corrected chi connectivity index (χ2v) is 18.4. The molecule has 1 aromatic rings. The highest BCUT2D eigenvalue weighted by Crippen LogP contribution is 2.62. The van der Waals surface area contributed by atoms with Gasteiger partial charge in [0.15, 0.2) is 5.75 Å². The molecular weight excluding hydrogens is 573 g/mol. The summed E-state index contributed by atoms with van der Waals surface area (Å²) < 4.78 is 110. The first-order valence-corrected chi connectivity index (χ1v) is 16.9. The first-order valence-electron chi connectivity index (χ1n) is 14.0. The molecule has 232 valence electrons. The molecule has 0 radical (unpaired) electrons. The van der Waals surface area contributed by atoms with E-state index in [4.69, 9.17) is 13.9 Å². The van der Waals surface area contributed by atoms with Crippen LogP contribution in [0.2, 0.25) is 18.1 Å². The van der Waals surface area contributed by atoms with Crippen LogP contribution in [-0.4, -0.2) is 45.5 Å². The van der Waals surface area contributed by atoms with Gasteiger partial charge < -0.3 is 13.9 Å².